The van der Waals surface area contributed by atoms with Crippen molar-refractivity contribution in [1.82, 2.24) is 9.38 Å². The lowest BCUT2D eigenvalue weighted by Gasteiger charge is -2.06. The van der Waals surface area contributed by atoms with Crippen LogP contribution in [-0.4, -0.2) is 21.1 Å². The molecule has 0 aliphatic rings. The van der Waals surface area contributed by atoms with E-state index in [9.17, 15) is 9.59 Å². The number of anilines is 2. The Bertz CT molecular complexity index is 881. The molecule has 0 spiro atoms. The number of nitrogen functional groups attached to an aromatic ring is 1. The molecule has 0 atom stereocenters. The number of Topliss-reactive ketones (excluding diaryl/α,β-unsaturated/α-hetero) is 1. The van der Waals surface area contributed by atoms with Crippen molar-refractivity contribution in [3.05, 3.63) is 60.0 Å². The van der Waals surface area contributed by atoms with E-state index < -0.39 is 0 Å². The zero-order chi connectivity index (χ0) is 16.4. The molecule has 0 aliphatic heterocycles. The lowest BCUT2D eigenvalue weighted by atomic mass is 10.2. The van der Waals surface area contributed by atoms with Gasteiger partial charge in [0.05, 0.1) is 5.69 Å². The maximum absolute atomic E-state index is 12.2. The summed E-state index contributed by atoms with van der Waals surface area (Å²) >= 11 is 0. The molecular formula is C17H16N4O2. The summed E-state index contributed by atoms with van der Waals surface area (Å²) in [6.45, 7) is 1.80. The Kier molecular flexibility index (Phi) is 3.80. The van der Waals surface area contributed by atoms with Crippen LogP contribution < -0.4 is 11.1 Å². The van der Waals surface area contributed by atoms with Gasteiger partial charge in [-0.15, -0.1) is 0 Å². The van der Waals surface area contributed by atoms with E-state index >= 15 is 0 Å². The monoisotopic (exact) mass is 308 g/mol. The molecular weight excluding hydrogens is 292 g/mol. The summed E-state index contributed by atoms with van der Waals surface area (Å²) in [5.41, 5.74) is 8.44. The fourth-order valence-corrected chi connectivity index (χ4v) is 2.22. The average Bonchev–Trinajstić information content (AvgIpc) is 2.98. The quantitative estimate of drug-likeness (QED) is 0.573. The zero-order valence-corrected chi connectivity index (χ0v) is 12.6. The molecule has 0 bridgehead atoms. The SMILES string of the molecule is CCC(=O)c1cn2cc(NC(=O)c3ccc(N)cc3)ccc2n1. The van der Waals surface area contributed by atoms with Gasteiger partial charge in [0, 0.05) is 30.1 Å². The number of carbonyl (C=O) groups excluding carboxylic acids is 2. The van der Waals surface area contributed by atoms with Crippen molar-refractivity contribution in [2.75, 3.05) is 11.1 Å². The Morgan fingerprint density at radius 3 is 2.57 bits per heavy atom. The zero-order valence-electron chi connectivity index (χ0n) is 12.6. The van der Waals surface area contributed by atoms with E-state index in [4.69, 9.17) is 5.73 Å². The average molecular weight is 308 g/mol. The normalized spacial score (nSPS) is 10.7. The smallest absolute Gasteiger partial charge is 0.255 e. The number of carbonyl (C=O) groups is 2. The van der Waals surface area contributed by atoms with Gasteiger partial charge in [-0.25, -0.2) is 4.98 Å². The third-order valence-electron chi connectivity index (χ3n) is 3.49. The standard InChI is InChI=1S/C17H16N4O2/c1-2-15(22)14-10-21-9-13(7-8-16(21)20-14)19-17(23)11-3-5-12(18)6-4-11/h3-10H,2,18H2,1H3,(H,19,23). The van der Waals surface area contributed by atoms with Crippen molar-refractivity contribution in [3.8, 4) is 0 Å². The Morgan fingerprint density at radius 2 is 1.87 bits per heavy atom. The minimum atomic E-state index is -0.227. The second-order valence-corrected chi connectivity index (χ2v) is 5.16. The molecule has 6 nitrogen and oxygen atoms in total. The highest BCUT2D eigenvalue weighted by Crippen LogP contribution is 2.14. The molecule has 3 rings (SSSR count). The predicted octanol–water partition coefficient (Wildman–Crippen LogP) is 2.76. The van der Waals surface area contributed by atoms with Gasteiger partial charge in [0.25, 0.3) is 5.91 Å². The van der Waals surface area contributed by atoms with E-state index in [0.29, 0.717) is 34.7 Å². The van der Waals surface area contributed by atoms with Crippen LogP contribution in [0.4, 0.5) is 11.4 Å². The molecule has 6 heteroatoms. The van der Waals surface area contributed by atoms with Crippen LogP contribution in [0.15, 0.2) is 48.8 Å². The number of benzene rings is 1. The first-order chi connectivity index (χ1) is 11.1. The molecule has 2 aromatic heterocycles. The topological polar surface area (TPSA) is 89.5 Å². The summed E-state index contributed by atoms with van der Waals surface area (Å²) < 4.78 is 1.72. The first kappa shape index (κ1) is 14.8. The van der Waals surface area contributed by atoms with E-state index in [2.05, 4.69) is 10.3 Å². The summed E-state index contributed by atoms with van der Waals surface area (Å²) in [7, 11) is 0. The third-order valence-corrected chi connectivity index (χ3v) is 3.49. The third kappa shape index (κ3) is 3.06. The van der Waals surface area contributed by atoms with Crippen LogP contribution in [-0.2, 0) is 0 Å². The fraction of sp³-hybridized carbons (Fsp3) is 0.118. The molecule has 0 saturated heterocycles. The molecule has 0 unspecified atom stereocenters. The number of imidazole rings is 1. The highest BCUT2D eigenvalue weighted by molar-refractivity contribution is 6.04. The number of pyridine rings is 1. The number of aromatic nitrogens is 2. The molecule has 116 valence electrons. The first-order valence-electron chi connectivity index (χ1n) is 7.25. The van der Waals surface area contributed by atoms with E-state index in [-0.39, 0.29) is 11.7 Å². The number of nitrogens with zero attached hydrogens (tertiary/aromatic N) is 2. The highest BCUT2D eigenvalue weighted by atomic mass is 16.1. The highest BCUT2D eigenvalue weighted by Gasteiger charge is 2.10. The maximum atomic E-state index is 12.2. The van der Waals surface area contributed by atoms with E-state index in [1.807, 2.05) is 0 Å². The van der Waals surface area contributed by atoms with Gasteiger partial charge < -0.3 is 15.5 Å². The number of hydrogen-bond acceptors (Lipinski definition) is 4. The van der Waals surface area contributed by atoms with Gasteiger partial charge in [0.2, 0.25) is 0 Å². The number of rotatable bonds is 4. The van der Waals surface area contributed by atoms with Crippen LogP contribution in [0.2, 0.25) is 0 Å². The number of fused-ring (bicyclic) bond motifs is 1. The summed E-state index contributed by atoms with van der Waals surface area (Å²) in [4.78, 5) is 28.2. The van der Waals surface area contributed by atoms with E-state index in [0.717, 1.165) is 0 Å². The van der Waals surface area contributed by atoms with Gasteiger partial charge in [0.15, 0.2) is 5.78 Å². The van der Waals surface area contributed by atoms with E-state index in [1.165, 1.54) is 0 Å². The summed E-state index contributed by atoms with van der Waals surface area (Å²) in [6, 6.07) is 10.2. The van der Waals surface area contributed by atoms with Crippen LogP contribution in [0, 0.1) is 0 Å². The van der Waals surface area contributed by atoms with Crippen molar-refractivity contribution in [1.29, 1.82) is 0 Å². The number of nitrogens with one attached hydrogen (secondary N) is 1. The molecule has 0 aliphatic carbocycles. The van der Waals surface area contributed by atoms with Gasteiger partial charge in [-0.05, 0) is 36.4 Å². The lowest BCUT2D eigenvalue weighted by molar-refractivity contribution is 0.0982. The minimum Gasteiger partial charge on any atom is -0.399 e. The fourth-order valence-electron chi connectivity index (χ4n) is 2.22. The van der Waals surface area contributed by atoms with Crippen molar-refractivity contribution in [3.63, 3.8) is 0 Å². The van der Waals surface area contributed by atoms with Gasteiger partial charge in [-0.2, -0.15) is 0 Å². The van der Waals surface area contributed by atoms with Crippen molar-refractivity contribution in [2.24, 2.45) is 0 Å². The second kappa shape index (κ2) is 5.92. The van der Waals surface area contributed by atoms with E-state index in [1.54, 1.807) is 60.1 Å². The molecule has 1 amide bonds. The van der Waals surface area contributed by atoms with Crippen LogP contribution in [0.3, 0.4) is 0 Å². The molecule has 3 aromatic rings. The Morgan fingerprint density at radius 1 is 1.13 bits per heavy atom. The largest absolute Gasteiger partial charge is 0.399 e. The van der Waals surface area contributed by atoms with Crippen LogP contribution in [0.5, 0.6) is 0 Å². The summed E-state index contributed by atoms with van der Waals surface area (Å²) in [5, 5.41) is 2.81. The molecule has 1 aromatic carbocycles. The van der Waals surface area contributed by atoms with Crippen LogP contribution >= 0.6 is 0 Å². The van der Waals surface area contributed by atoms with Crippen LogP contribution in [0.1, 0.15) is 34.2 Å². The number of hydrogen-bond donors (Lipinski definition) is 2. The Labute approximate surface area is 132 Å². The second-order valence-electron chi connectivity index (χ2n) is 5.16. The molecule has 2 heterocycles. The predicted molar refractivity (Wildman–Crippen MR) is 88.6 cm³/mol. The summed E-state index contributed by atoms with van der Waals surface area (Å²) in [6.07, 6.45) is 3.80. The number of amides is 1. The molecule has 0 radical (unpaired) electrons. The molecule has 0 saturated carbocycles. The maximum Gasteiger partial charge on any atom is 0.255 e. The molecule has 0 fully saturated rings. The first-order valence-corrected chi connectivity index (χ1v) is 7.25. The minimum absolute atomic E-state index is 0.0128. The van der Waals surface area contributed by atoms with Crippen LogP contribution in [0.25, 0.3) is 5.65 Å². The van der Waals surface area contributed by atoms with Crippen molar-refractivity contribution >= 4 is 28.7 Å². The molecule has 23 heavy (non-hydrogen) atoms. The molecule has 3 N–H and O–H groups in total. The van der Waals surface area contributed by atoms with Gasteiger partial charge >= 0.3 is 0 Å². The number of nitrogens with two attached hydrogens (primary N) is 1. The summed E-state index contributed by atoms with van der Waals surface area (Å²) in [5.74, 6) is -0.240. The van der Waals surface area contributed by atoms with Crippen molar-refractivity contribution in [2.45, 2.75) is 13.3 Å². The Balaban J connectivity index is 1.84. The Hall–Kier alpha value is -3.15. The lowest BCUT2D eigenvalue weighted by Crippen LogP contribution is -2.12. The van der Waals surface area contributed by atoms with Gasteiger partial charge in [-0.1, -0.05) is 6.92 Å². The van der Waals surface area contributed by atoms with Gasteiger partial charge in [-0.3, -0.25) is 9.59 Å². The van der Waals surface area contributed by atoms with Gasteiger partial charge in [0.1, 0.15) is 11.3 Å². The number of ketones is 1. The van der Waals surface area contributed by atoms with Crippen molar-refractivity contribution < 1.29 is 9.59 Å².